The number of nitrogens with zero attached hydrogens (tertiary/aromatic N) is 5. The van der Waals surface area contributed by atoms with Gasteiger partial charge in [0.15, 0.2) is 0 Å². The number of fused-ring (bicyclic) bond motifs is 1. The lowest BCUT2D eigenvalue weighted by molar-refractivity contribution is 0.0723. The summed E-state index contributed by atoms with van der Waals surface area (Å²) >= 11 is 0. The number of rotatable bonds is 6. The van der Waals surface area contributed by atoms with E-state index in [-0.39, 0.29) is 11.8 Å². The highest BCUT2D eigenvalue weighted by Crippen LogP contribution is 2.33. The second kappa shape index (κ2) is 10.8. The maximum Gasteiger partial charge on any atom is 0.276 e. The normalized spacial score (nSPS) is 16.0. The molecule has 4 heterocycles. The number of amides is 2. The maximum atomic E-state index is 12.9. The summed E-state index contributed by atoms with van der Waals surface area (Å²) in [6, 6.07) is 4.02. The zero-order valence-electron chi connectivity index (χ0n) is 20.6. The number of carbonyl (C=O) groups is 2. The van der Waals surface area contributed by atoms with Crippen molar-refractivity contribution >= 4 is 23.3 Å². The largest absolute Gasteiger partial charge is 0.339 e. The average Bonchev–Trinajstić information content (AvgIpc) is 2.87. The molecular weight excluding hydrogens is 426 g/mol. The van der Waals surface area contributed by atoms with Crippen LogP contribution in [0.4, 0.5) is 11.5 Å². The monoisotopic (exact) mass is 461 g/mol. The van der Waals surface area contributed by atoms with E-state index in [9.17, 15) is 9.59 Å². The van der Waals surface area contributed by atoms with Crippen LogP contribution in [0.3, 0.4) is 0 Å². The van der Waals surface area contributed by atoms with Crippen LogP contribution in [0.15, 0.2) is 36.8 Å². The Bertz CT molecular complexity index is 1070. The molecule has 2 amide bonds. The number of aryl methyl sites for hydroxylation is 2. The number of piperidine rings is 1. The van der Waals surface area contributed by atoms with Crippen molar-refractivity contribution in [3.8, 4) is 0 Å². The van der Waals surface area contributed by atoms with Crippen molar-refractivity contribution in [2.24, 2.45) is 0 Å². The first-order valence-corrected chi connectivity index (χ1v) is 12.5. The zero-order chi connectivity index (χ0) is 24.1. The maximum absolute atomic E-state index is 12.9. The number of hydrogen-bond acceptors (Lipinski definition) is 5. The lowest BCUT2D eigenvalue weighted by Gasteiger charge is -2.31. The zero-order valence-corrected chi connectivity index (χ0v) is 20.6. The smallest absolute Gasteiger partial charge is 0.276 e. The molecule has 7 nitrogen and oxygen atoms in total. The fraction of sp³-hybridized carbons (Fsp3) is 0.481. The minimum absolute atomic E-state index is 0.0876. The Morgan fingerprint density at radius 1 is 1.06 bits per heavy atom. The SMILES string of the molecule is CCC/C=C/N(C)C(=O)c1ncc(N2CCCc3cc(C(=O)N4CCCCC4)cnc32)cc1C. The van der Waals surface area contributed by atoms with Gasteiger partial charge in [-0.15, -0.1) is 0 Å². The minimum Gasteiger partial charge on any atom is -0.339 e. The van der Waals surface area contributed by atoms with E-state index in [1.54, 1.807) is 24.3 Å². The number of pyridine rings is 2. The van der Waals surface area contributed by atoms with E-state index in [0.717, 1.165) is 80.8 Å². The Kier molecular flexibility index (Phi) is 7.60. The fourth-order valence-electron chi connectivity index (χ4n) is 4.68. The molecule has 0 unspecified atom stereocenters. The summed E-state index contributed by atoms with van der Waals surface area (Å²) < 4.78 is 0. The summed E-state index contributed by atoms with van der Waals surface area (Å²) in [7, 11) is 1.76. The predicted octanol–water partition coefficient (Wildman–Crippen LogP) is 4.88. The highest BCUT2D eigenvalue weighted by molar-refractivity contribution is 5.95. The number of hydrogen-bond donors (Lipinski definition) is 0. The van der Waals surface area contributed by atoms with Crippen LogP contribution in [0.25, 0.3) is 0 Å². The van der Waals surface area contributed by atoms with Crippen LogP contribution in [0.1, 0.15) is 77.4 Å². The predicted molar refractivity (Wildman–Crippen MR) is 134 cm³/mol. The topological polar surface area (TPSA) is 69.6 Å². The van der Waals surface area contributed by atoms with E-state index >= 15 is 0 Å². The molecule has 7 heteroatoms. The molecule has 0 bridgehead atoms. The second-order valence-electron chi connectivity index (χ2n) is 9.26. The highest BCUT2D eigenvalue weighted by atomic mass is 16.2. The first-order chi connectivity index (χ1) is 16.5. The van der Waals surface area contributed by atoms with Crippen LogP contribution in [0, 0.1) is 6.92 Å². The summed E-state index contributed by atoms with van der Waals surface area (Å²) in [5.74, 6) is 0.848. The number of allylic oxidation sites excluding steroid dienone is 1. The quantitative estimate of drug-likeness (QED) is 0.613. The summed E-state index contributed by atoms with van der Waals surface area (Å²) in [6.07, 6.45) is 14.5. The van der Waals surface area contributed by atoms with Gasteiger partial charge < -0.3 is 14.7 Å². The summed E-state index contributed by atoms with van der Waals surface area (Å²) in [5.41, 5.74) is 3.98. The van der Waals surface area contributed by atoms with Gasteiger partial charge in [0.05, 0.1) is 17.4 Å². The average molecular weight is 462 g/mol. The van der Waals surface area contributed by atoms with Gasteiger partial charge >= 0.3 is 0 Å². The van der Waals surface area contributed by atoms with Crippen molar-refractivity contribution in [3.63, 3.8) is 0 Å². The van der Waals surface area contributed by atoms with Crippen molar-refractivity contribution in [2.75, 3.05) is 31.6 Å². The molecule has 0 N–H and O–H groups in total. The van der Waals surface area contributed by atoms with Crippen molar-refractivity contribution in [1.29, 1.82) is 0 Å². The van der Waals surface area contributed by atoms with Crippen molar-refractivity contribution in [1.82, 2.24) is 19.8 Å². The molecule has 1 fully saturated rings. The lowest BCUT2D eigenvalue weighted by Crippen LogP contribution is -2.36. The summed E-state index contributed by atoms with van der Waals surface area (Å²) in [4.78, 5) is 40.7. The highest BCUT2D eigenvalue weighted by Gasteiger charge is 2.25. The van der Waals surface area contributed by atoms with Crippen molar-refractivity contribution < 1.29 is 9.59 Å². The number of carbonyl (C=O) groups excluding carboxylic acids is 2. The molecule has 2 aliphatic heterocycles. The van der Waals surface area contributed by atoms with Crippen LogP contribution in [0.2, 0.25) is 0 Å². The van der Waals surface area contributed by atoms with Crippen LogP contribution >= 0.6 is 0 Å². The van der Waals surface area contributed by atoms with Crippen molar-refractivity contribution in [3.05, 3.63) is 59.2 Å². The van der Waals surface area contributed by atoms with Crippen LogP contribution in [0.5, 0.6) is 0 Å². The van der Waals surface area contributed by atoms with Gasteiger partial charge in [-0.3, -0.25) is 9.59 Å². The van der Waals surface area contributed by atoms with Gasteiger partial charge in [0.25, 0.3) is 11.8 Å². The summed E-state index contributed by atoms with van der Waals surface area (Å²) in [5, 5.41) is 0. The first kappa shape index (κ1) is 23.9. The van der Waals surface area contributed by atoms with Gasteiger partial charge in [-0.2, -0.15) is 0 Å². The molecule has 1 saturated heterocycles. The number of likely N-dealkylation sites (tertiary alicyclic amines) is 1. The molecule has 2 aromatic rings. The molecule has 2 aliphatic rings. The van der Waals surface area contributed by atoms with Gasteiger partial charge in [0.2, 0.25) is 0 Å². The molecule has 0 saturated carbocycles. The van der Waals surface area contributed by atoms with Crippen LogP contribution in [-0.2, 0) is 6.42 Å². The third-order valence-corrected chi connectivity index (χ3v) is 6.60. The first-order valence-electron chi connectivity index (χ1n) is 12.5. The standard InChI is InChI=1S/C27H35N5O2/c1-4-5-7-12-30(3)27(34)24-20(2)16-23(19-28-24)32-15-10-11-21-17-22(18-29-25(21)32)26(33)31-13-8-6-9-14-31/h7,12,16-19H,4-6,8-11,13-15H2,1-3H3/b12-7+. The van der Waals surface area contributed by atoms with E-state index in [0.29, 0.717) is 11.3 Å². The molecular formula is C27H35N5O2. The number of aromatic nitrogens is 2. The third kappa shape index (κ3) is 5.13. The van der Waals surface area contributed by atoms with Gasteiger partial charge in [-0.05, 0) is 68.7 Å². The van der Waals surface area contributed by atoms with Gasteiger partial charge in [-0.25, -0.2) is 9.97 Å². The Hall–Kier alpha value is -3.22. The third-order valence-electron chi connectivity index (χ3n) is 6.60. The number of anilines is 2. The Labute approximate surface area is 202 Å². The van der Waals surface area contributed by atoms with Crippen LogP contribution in [-0.4, -0.2) is 58.3 Å². The fourth-order valence-corrected chi connectivity index (χ4v) is 4.68. The molecule has 180 valence electrons. The van der Waals surface area contributed by atoms with Gasteiger partial charge in [0.1, 0.15) is 11.5 Å². The van der Waals surface area contributed by atoms with Gasteiger partial charge in [-0.1, -0.05) is 19.4 Å². The molecule has 0 aromatic carbocycles. The molecule has 4 rings (SSSR count). The Balaban J connectivity index is 1.54. The van der Waals surface area contributed by atoms with E-state index < -0.39 is 0 Å². The molecule has 0 aliphatic carbocycles. The lowest BCUT2D eigenvalue weighted by atomic mass is 10.0. The summed E-state index contributed by atoms with van der Waals surface area (Å²) in [6.45, 7) is 6.53. The van der Waals surface area contributed by atoms with Crippen molar-refractivity contribution in [2.45, 2.75) is 58.8 Å². The molecule has 2 aromatic heterocycles. The van der Waals surface area contributed by atoms with E-state index in [1.807, 2.05) is 36.2 Å². The van der Waals surface area contributed by atoms with E-state index in [2.05, 4.69) is 16.8 Å². The molecule has 34 heavy (non-hydrogen) atoms. The number of unbranched alkanes of at least 4 members (excludes halogenated alkanes) is 1. The Morgan fingerprint density at radius 2 is 1.85 bits per heavy atom. The minimum atomic E-state index is -0.116. The van der Waals surface area contributed by atoms with E-state index in [4.69, 9.17) is 4.98 Å². The van der Waals surface area contributed by atoms with Crippen LogP contribution < -0.4 is 4.90 Å². The second-order valence-corrected chi connectivity index (χ2v) is 9.26. The molecule has 0 radical (unpaired) electrons. The molecule has 0 atom stereocenters. The van der Waals surface area contributed by atoms with E-state index in [1.165, 1.54) is 6.42 Å². The molecule has 0 spiro atoms. The Morgan fingerprint density at radius 3 is 2.59 bits per heavy atom. The van der Waals surface area contributed by atoms with Gasteiger partial charge in [0, 0.05) is 39.1 Å².